The summed E-state index contributed by atoms with van der Waals surface area (Å²) in [5.41, 5.74) is -0.665. The minimum Gasteiger partial charge on any atom is -0.508 e. The highest BCUT2D eigenvalue weighted by Gasteiger charge is 2.49. The van der Waals surface area contributed by atoms with E-state index in [0.29, 0.717) is 5.56 Å². The van der Waals surface area contributed by atoms with Crippen LogP contribution in [0.5, 0.6) is 17.2 Å². The summed E-state index contributed by atoms with van der Waals surface area (Å²) in [6, 6.07) is 4.93. The Bertz CT molecular complexity index is 1120. The lowest BCUT2D eigenvalue weighted by molar-refractivity contribution is 0.0908. The topological polar surface area (TPSA) is 112 Å². The lowest BCUT2D eigenvalue weighted by atomic mass is 9.62. The number of allylic oxidation sites excluding steroid dienone is 2. The van der Waals surface area contributed by atoms with E-state index in [4.69, 9.17) is 0 Å². The molecule has 0 aromatic heterocycles. The highest BCUT2D eigenvalue weighted by molar-refractivity contribution is 6.41. The average Bonchev–Trinajstić information content (AvgIpc) is 2.54. The van der Waals surface area contributed by atoms with E-state index in [1.54, 1.807) is 20.8 Å². The van der Waals surface area contributed by atoms with Crippen LogP contribution in [0.15, 0.2) is 35.4 Å². The molecule has 2 aliphatic rings. The maximum Gasteiger partial charge on any atom is 0.201 e. The molecule has 0 spiro atoms. The third-order valence-corrected chi connectivity index (χ3v) is 5.35. The van der Waals surface area contributed by atoms with Gasteiger partial charge in [-0.1, -0.05) is 13.8 Å². The molecular formula is C21H16O6. The molecule has 2 aromatic rings. The Morgan fingerprint density at radius 2 is 1.37 bits per heavy atom. The van der Waals surface area contributed by atoms with Crippen LogP contribution in [0.2, 0.25) is 0 Å². The predicted octanol–water partition coefficient (Wildman–Crippen LogP) is 2.96. The maximum atomic E-state index is 13.2. The van der Waals surface area contributed by atoms with E-state index < -0.39 is 28.5 Å². The van der Waals surface area contributed by atoms with Gasteiger partial charge in [0.1, 0.15) is 17.2 Å². The van der Waals surface area contributed by atoms with Crippen molar-refractivity contribution < 1.29 is 29.7 Å². The molecule has 136 valence electrons. The van der Waals surface area contributed by atoms with E-state index in [1.165, 1.54) is 18.2 Å². The number of aromatic hydroxyl groups is 3. The molecule has 0 atom stereocenters. The number of Topliss-reactive ketones (excluding diaryl/α,β-unsaturated/α-hetero) is 3. The highest BCUT2D eigenvalue weighted by atomic mass is 16.3. The number of carbonyl (C=O) groups excluding carboxylic acids is 3. The fraction of sp³-hybridized carbons (Fsp3) is 0.190. The maximum absolute atomic E-state index is 13.2. The van der Waals surface area contributed by atoms with Crippen molar-refractivity contribution >= 4 is 17.3 Å². The Morgan fingerprint density at radius 1 is 0.778 bits per heavy atom. The summed E-state index contributed by atoms with van der Waals surface area (Å²) in [7, 11) is 0. The van der Waals surface area contributed by atoms with Gasteiger partial charge < -0.3 is 15.3 Å². The zero-order valence-corrected chi connectivity index (χ0v) is 14.9. The molecular weight excluding hydrogens is 348 g/mol. The second kappa shape index (κ2) is 5.07. The van der Waals surface area contributed by atoms with Crippen LogP contribution in [0.4, 0.5) is 0 Å². The first-order chi connectivity index (χ1) is 12.6. The number of fused-ring (bicyclic) bond motifs is 2. The molecule has 6 heteroatoms. The van der Waals surface area contributed by atoms with E-state index in [0.717, 1.165) is 6.07 Å². The van der Waals surface area contributed by atoms with Gasteiger partial charge in [-0.25, -0.2) is 0 Å². The molecule has 2 aliphatic carbocycles. The minimum absolute atomic E-state index is 0.00694. The second-order valence-electron chi connectivity index (χ2n) is 7.44. The Balaban J connectivity index is 2.10. The van der Waals surface area contributed by atoms with Crippen molar-refractivity contribution in [1.82, 2.24) is 0 Å². The van der Waals surface area contributed by atoms with Crippen LogP contribution in [0.25, 0.3) is 0 Å². The van der Waals surface area contributed by atoms with Crippen LogP contribution < -0.4 is 0 Å². The number of rotatable bonds is 0. The van der Waals surface area contributed by atoms with Gasteiger partial charge in [0.15, 0.2) is 11.6 Å². The number of benzene rings is 2. The van der Waals surface area contributed by atoms with E-state index in [2.05, 4.69) is 0 Å². The molecule has 0 bridgehead atoms. The van der Waals surface area contributed by atoms with Crippen LogP contribution >= 0.6 is 0 Å². The summed E-state index contributed by atoms with van der Waals surface area (Å²) in [6.45, 7) is 4.88. The lowest BCUT2D eigenvalue weighted by Gasteiger charge is -2.38. The fourth-order valence-corrected chi connectivity index (χ4v) is 4.15. The van der Waals surface area contributed by atoms with Crippen molar-refractivity contribution in [3.63, 3.8) is 0 Å². The Labute approximate surface area is 154 Å². The zero-order valence-electron chi connectivity index (χ0n) is 14.9. The molecule has 0 fully saturated rings. The van der Waals surface area contributed by atoms with Crippen molar-refractivity contribution in [1.29, 1.82) is 0 Å². The van der Waals surface area contributed by atoms with Gasteiger partial charge in [0.2, 0.25) is 5.78 Å². The Hall–Kier alpha value is -3.41. The summed E-state index contributed by atoms with van der Waals surface area (Å²) in [5.74, 6) is -2.71. The van der Waals surface area contributed by atoms with Crippen LogP contribution in [-0.2, 0) is 5.41 Å². The van der Waals surface area contributed by atoms with Gasteiger partial charge >= 0.3 is 0 Å². The minimum atomic E-state index is -1.11. The molecule has 0 unspecified atom stereocenters. The Morgan fingerprint density at radius 3 is 2.04 bits per heavy atom. The number of hydrogen-bond acceptors (Lipinski definition) is 6. The summed E-state index contributed by atoms with van der Waals surface area (Å²) >= 11 is 0. The molecule has 27 heavy (non-hydrogen) atoms. The van der Waals surface area contributed by atoms with Gasteiger partial charge in [0.05, 0.1) is 11.1 Å². The number of hydrogen-bond donors (Lipinski definition) is 3. The van der Waals surface area contributed by atoms with Crippen molar-refractivity contribution in [3.8, 4) is 17.2 Å². The molecule has 0 heterocycles. The van der Waals surface area contributed by atoms with Crippen LogP contribution in [0.3, 0.4) is 0 Å². The second-order valence-corrected chi connectivity index (χ2v) is 7.44. The molecule has 0 saturated carbocycles. The van der Waals surface area contributed by atoms with Gasteiger partial charge in [-0.05, 0) is 36.2 Å². The molecule has 0 amide bonds. The van der Waals surface area contributed by atoms with E-state index in [1.807, 2.05) is 0 Å². The van der Waals surface area contributed by atoms with Gasteiger partial charge in [-0.2, -0.15) is 0 Å². The van der Waals surface area contributed by atoms with Crippen LogP contribution in [0.1, 0.15) is 56.0 Å². The third-order valence-electron chi connectivity index (χ3n) is 5.35. The molecule has 4 rings (SSSR count). The van der Waals surface area contributed by atoms with E-state index >= 15 is 0 Å². The van der Waals surface area contributed by atoms with Crippen molar-refractivity contribution in [2.45, 2.75) is 26.2 Å². The summed E-state index contributed by atoms with van der Waals surface area (Å²) in [4.78, 5) is 39.5. The molecule has 3 N–H and O–H groups in total. The molecule has 2 aromatic carbocycles. The number of ketones is 3. The van der Waals surface area contributed by atoms with Gasteiger partial charge in [0, 0.05) is 28.2 Å². The van der Waals surface area contributed by atoms with E-state index in [-0.39, 0.29) is 44.9 Å². The zero-order chi connectivity index (χ0) is 19.8. The van der Waals surface area contributed by atoms with Gasteiger partial charge in [0.25, 0.3) is 0 Å². The van der Waals surface area contributed by atoms with Gasteiger partial charge in [-0.15, -0.1) is 0 Å². The molecule has 6 nitrogen and oxygen atoms in total. The molecule has 0 saturated heterocycles. The third kappa shape index (κ3) is 2.04. The first kappa shape index (κ1) is 17.0. The van der Waals surface area contributed by atoms with Gasteiger partial charge in [-0.3, -0.25) is 14.4 Å². The smallest absolute Gasteiger partial charge is 0.201 e. The average molecular weight is 364 g/mol. The van der Waals surface area contributed by atoms with E-state index in [9.17, 15) is 29.7 Å². The van der Waals surface area contributed by atoms with Crippen molar-refractivity contribution in [2.24, 2.45) is 0 Å². The highest BCUT2D eigenvalue weighted by Crippen LogP contribution is 2.49. The monoisotopic (exact) mass is 364 g/mol. The number of phenols is 3. The summed E-state index contributed by atoms with van der Waals surface area (Å²) < 4.78 is 0. The molecule has 0 aliphatic heterocycles. The predicted molar refractivity (Wildman–Crippen MR) is 95.7 cm³/mol. The quantitative estimate of drug-likeness (QED) is 0.620. The summed E-state index contributed by atoms with van der Waals surface area (Å²) in [5, 5.41) is 30.0. The van der Waals surface area contributed by atoms with Crippen LogP contribution in [-0.4, -0.2) is 32.7 Å². The Kier molecular flexibility index (Phi) is 3.19. The number of carbonyl (C=O) groups is 3. The lowest BCUT2D eigenvalue weighted by Crippen LogP contribution is -2.40. The number of phenolic OH excluding ortho intramolecular Hbond substituents is 3. The normalized spacial score (nSPS) is 17.5. The van der Waals surface area contributed by atoms with Crippen molar-refractivity contribution in [3.05, 3.63) is 63.2 Å². The molecule has 0 radical (unpaired) electrons. The summed E-state index contributed by atoms with van der Waals surface area (Å²) in [6.07, 6.45) is 0. The van der Waals surface area contributed by atoms with Crippen LogP contribution in [0, 0.1) is 6.92 Å². The first-order valence-corrected chi connectivity index (χ1v) is 8.34. The standard InChI is InChI=1S/C21H16O6/c1-8-4-9(22)5-11-14(8)19(26)16-17(18(11)25)21(2,3)12-6-10(23)7-13(24)15(12)20(16)27/h4-7,22-24H,1-3H3. The van der Waals surface area contributed by atoms with Crippen molar-refractivity contribution in [2.75, 3.05) is 0 Å². The largest absolute Gasteiger partial charge is 0.508 e. The SMILES string of the molecule is Cc1cc(O)cc2c1C(=O)C1=C(C2=O)C(C)(C)c2cc(O)cc(O)c2C1=O. The fourth-order valence-electron chi connectivity index (χ4n) is 4.15. The first-order valence-electron chi connectivity index (χ1n) is 8.34. The number of aryl methyl sites for hydroxylation is 1.